The van der Waals surface area contributed by atoms with Crippen molar-refractivity contribution in [3.63, 3.8) is 0 Å². The summed E-state index contributed by atoms with van der Waals surface area (Å²) in [6.07, 6.45) is 2.25. The molecule has 25 heavy (non-hydrogen) atoms. The van der Waals surface area contributed by atoms with Gasteiger partial charge in [0.05, 0.1) is 36.2 Å². The van der Waals surface area contributed by atoms with E-state index in [-0.39, 0.29) is 29.4 Å². The van der Waals surface area contributed by atoms with E-state index in [1.165, 1.54) is 12.1 Å². The maximum absolute atomic E-state index is 12.8. The summed E-state index contributed by atoms with van der Waals surface area (Å²) < 4.78 is 37.2. The summed E-state index contributed by atoms with van der Waals surface area (Å²) in [5, 5.41) is 7.99. The maximum Gasteiger partial charge on any atom is 0.387 e. The number of rotatable bonds is 3. The van der Waals surface area contributed by atoms with Gasteiger partial charge in [0.2, 0.25) is 0 Å². The van der Waals surface area contributed by atoms with Gasteiger partial charge in [0.1, 0.15) is 5.75 Å². The van der Waals surface area contributed by atoms with Gasteiger partial charge < -0.3 is 14.4 Å². The van der Waals surface area contributed by atoms with Crippen molar-refractivity contribution in [2.24, 2.45) is 0 Å². The van der Waals surface area contributed by atoms with E-state index in [2.05, 4.69) is 15.0 Å². The van der Waals surface area contributed by atoms with Gasteiger partial charge in [0.25, 0.3) is 5.91 Å². The SMILES string of the molecule is O=C(c1ccccc1OC(F)F)N1CC[C@@H]2OCc3cnnn3[C@@H]2C1. The van der Waals surface area contributed by atoms with Crippen LogP contribution in [0.15, 0.2) is 30.5 Å². The topological polar surface area (TPSA) is 69.5 Å². The summed E-state index contributed by atoms with van der Waals surface area (Å²) in [4.78, 5) is 14.5. The van der Waals surface area contributed by atoms with E-state index in [0.717, 1.165) is 5.69 Å². The van der Waals surface area contributed by atoms with Crippen molar-refractivity contribution in [1.82, 2.24) is 19.9 Å². The summed E-state index contributed by atoms with van der Waals surface area (Å²) >= 11 is 0. The molecule has 0 spiro atoms. The normalized spacial score (nSPS) is 22.4. The molecule has 2 aromatic rings. The van der Waals surface area contributed by atoms with Crippen molar-refractivity contribution in [3.05, 3.63) is 41.7 Å². The average molecular weight is 350 g/mol. The molecule has 1 fully saturated rings. The third-order valence-corrected chi connectivity index (χ3v) is 4.55. The Kier molecular flexibility index (Phi) is 4.08. The summed E-state index contributed by atoms with van der Waals surface area (Å²) in [5.74, 6) is -0.465. The fourth-order valence-electron chi connectivity index (χ4n) is 3.38. The second-order valence-corrected chi connectivity index (χ2v) is 6.00. The van der Waals surface area contributed by atoms with Gasteiger partial charge in [-0.05, 0) is 18.6 Å². The summed E-state index contributed by atoms with van der Waals surface area (Å²) in [7, 11) is 0. The number of piperidine rings is 1. The van der Waals surface area contributed by atoms with Crippen LogP contribution in [0.25, 0.3) is 0 Å². The molecule has 1 saturated heterocycles. The van der Waals surface area contributed by atoms with Gasteiger partial charge in [-0.15, -0.1) is 5.10 Å². The number of carbonyl (C=O) groups excluding carboxylic acids is 1. The molecule has 0 radical (unpaired) electrons. The number of fused-ring (bicyclic) bond motifs is 3. The monoisotopic (exact) mass is 350 g/mol. The molecule has 2 aliphatic heterocycles. The van der Waals surface area contributed by atoms with Crippen LogP contribution in [-0.2, 0) is 11.3 Å². The molecule has 4 rings (SSSR count). The molecule has 9 heteroatoms. The molecule has 2 atom stereocenters. The molecule has 2 aliphatic rings. The van der Waals surface area contributed by atoms with E-state index in [9.17, 15) is 13.6 Å². The van der Waals surface area contributed by atoms with Crippen molar-refractivity contribution in [2.45, 2.75) is 31.8 Å². The molecule has 0 N–H and O–H groups in total. The van der Waals surface area contributed by atoms with Crippen molar-refractivity contribution in [2.75, 3.05) is 13.1 Å². The second kappa shape index (κ2) is 6.40. The third-order valence-electron chi connectivity index (χ3n) is 4.55. The van der Waals surface area contributed by atoms with Crippen LogP contribution in [0.3, 0.4) is 0 Å². The number of benzene rings is 1. The van der Waals surface area contributed by atoms with E-state index in [1.807, 2.05) is 0 Å². The van der Waals surface area contributed by atoms with Crippen LogP contribution in [0.4, 0.5) is 8.78 Å². The lowest BCUT2D eigenvalue weighted by Crippen LogP contribution is -2.50. The largest absolute Gasteiger partial charge is 0.434 e. The fraction of sp³-hybridized carbons (Fsp3) is 0.438. The lowest BCUT2D eigenvalue weighted by Gasteiger charge is -2.41. The van der Waals surface area contributed by atoms with E-state index in [0.29, 0.717) is 26.1 Å². The number of halogens is 2. The number of ether oxygens (including phenoxy) is 2. The summed E-state index contributed by atoms with van der Waals surface area (Å²) in [6, 6.07) is 5.90. The van der Waals surface area contributed by atoms with Gasteiger partial charge in [-0.1, -0.05) is 17.3 Å². The van der Waals surface area contributed by atoms with Gasteiger partial charge in [-0.2, -0.15) is 8.78 Å². The lowest BCUT2D eigenvalue weighted by molar-refractivity contribution is -0.0610. The number of carbonyl (C=O) groups is 1. The first-order valence-corrected chi connectivity index (χ1v) is 7.97. The Morgan fingerprint density at radius 2 is 2.20 bits per heavy atom. The Labute approximate surface area is 142 Å². The number of hydrogen-bond donors (Lipinski definition) is 0. The first-order chi connectivity index (χ1) is 12.1. The highest BCUT2D eigenvalue weighted by molar-refractivity contribution is 5.97. The predicted octanol–water partition coefficient (Wildman–Crippen LogP) is 1.87. The molecule has 3 heterocycles. The minimum absolute atomic E-state index is 0.0363. The Hall–Kier alpha value is -2.55. The van der Waals surface area contributed by atoms with Crippen molar-refractivity contribution in [3.8, 4) is 5.75 Å². The van der Waals surface area contributed by atoms with Crippen molar-refractivity contribution < 1.29 is 23.0 Å². The smallest absolute Gasteiger partial charge is 0.387 e. The standard InChI is InChI=1S/C16H16F2N4O3/c17-16(18)25-13-4-2-1-3-11(13)15(23)21-6-5-14-12(8-21)22-10(9-24-14)7-19-20-22/h1-4,7,12,14,16H,5-6,8-9H2/t12-,14+/m1/s1. The highest BCUT2D eigenvalue weighted by Crippen LogP contribution is 2.31. The molecular weight excluding hydrogens is 334 g/mol. The number of hydrogen-bond acceptors (Lipinski definition) is 5. The molecule has 1 amide bonds. The molecule has 0 unspecified atom stereocenters. The van der Waals surface area contributed by atoms with E-state index in [4.69, 9.17) is 4.74 Å². The Morgan fingerprint density at radius 3 is 3.04 bits per heavy atom. The van der Waals surface area contributed by atoms with Gasteiger partial charge in [-0.25, -0.2) is 4.68 Å². The number of likely N-dealkylation sites (tertiary alicyclic amines) is 1. The highest BCUT2D eigenvalue weighted by atomic mass is 19.3. The van der Waals surface area contributed by atoms with Crippen LogP contribution in [-0.4, -0.2) is 51.6 Å². The molecule has 0 bridgehead atoms. The molecule has 132 valence electrons. The molecule has 0 aliphatic carbocycles. The second-order valence-electron chi connectivity index (χ2n) is 6.00. The van der Waals surface area contributed by atoms with Crippen molar-refractivity contribution >= 4 is 5.91 Å². The first kappa shape index (κ1) is 15.9. The molecule has 0 saturated carbocycles. The quantitative estimate of drug-likeness (QED) is 0.845. The zero-order valence-corrected chi connectivity index (χ0v) is 13.2. The Morgan fingerprint density at radius 1 is 1.36 bits per heavy atom. The van der Waals surface area contributed by atoms with Gasteiger partial charge in [-0.3, -0.25) is 4.79 Å². The number of amides is 1. The van der Waals surface area contributed by atoms with E-state index < -0.39 is 6.61 Å². The number of para-hydroxylation sites is 1. The van der Waals surface area contributed by atoms with Crippen LogP contribution in [0.2, 0.25) is 0 Å². The lowest BCUT2D eigenvalue weighted by atomic mass is 9.99. The van der Waals surface area contributed by atoms with Gasteiger partial charge in [0, 0.05) is 13.1 Å². The molecule has 1 aromatic carbocycles. The zero-order valence-electron chi connectivity index (χ0n) is 13.2. The summed E-state index contributed by atoms with van der Waals surface area (Å²) in [5.41, 5.74) is 0.980. The summed E-state index contributed by atoms with van der Waals surface area (Å²) in [6.45, 7) is -1.67. The number of alkyl halides is 2. The maximum atomic E-state index is 12.8. The van der Waals surface area contributed by atoms with Gasteiger partial charge in [0.15, 0.2) is 0 Å². The van der Waals surface area contributed by atoms with Crippen molar-refractivity contribution in [1.29, 1.82) is 0 Å². The minimum Gasteiger partial charge on any atom is -0.434 e. The van der Waals surface area contributed by atoms with Crippen LogP contribution in [0.5, 0.6) is 5.75 Å². The molecule has 1 aromatic heterocycles. The predicted molar refractivity (Wildman–Crippen MR) is 81.2 cm³/mol. The van der Waals surface area contributed by atoms with Crippen LogP contribution < -0.4 is 4.74 Å². The van der Waals surface area contributed by atoms with E-state index in [1.54, 1.807) is 27.9 Å². The van der Waals surface area contributed by atoms with E-state index >= 15 is 0 Å². The number of nitrogens with zero attached hydrogens (tertiary/aromatic N) is 4. The molecular formula is C16H16F2N4O3. The fourth-order valence-corrected chi connectivity index (χ4v) is 3.38. The van der Waals surface area contributed by atoms with Crippen LogP contribution in [0.1, 0.15) is 28.5 Å². The Bertz CT molecular complexity index is 782. The Balaban J connectivity index is 1.57. The number of aromatic nitrogens is 3. The minimum atomic E-state index is -2.98. The van der Waals surface area contributed by atoms with Gasteiger partial charge >= 0.3 is 6.61 Å². The first-order valence-electron chi connectivity index (χ1n) is 7.97. The molecule has 7 nitrogen and oxygen atoms in total. The average Bonchev–Trinajstić information content (AvgIpc) is 3.10. The zero-order chi connectivity index (χ0) is 17.4. The van der Waals surface area contributed by atoms with Crippen LogP contribution >= 0.6 is 0 Å². The van der Waals surface area contributed by atoms with Crippen LogP contribution in [0, 0.1) is 0 Å². The highest BCUT2D eigenvalue weighted by Gasteiger charge is 2.38. The third kappa shape index (κ3) is 2.95.